The molecular formula is C11H12Cl2N2O. The lowest BCUT2D eigenvalue weighted by atomic mass is 10.1. The van der Waals surface area contributed by atoms with Gasteiger partial charge >= 0.3 is 0 Å². The molecule has 2 rings (SSSR count). The highest BCUT2D eigenvalue weighted by molar-refractivity contribution is 6.37. The fourth-order valence-corrected chi connectivity index (χ4v) is 2.31. The van der Waals surface area contributed by atoms with Crippen LogP contribution in [0, 0.1) is 6.92 Å². The molecule has 0 saturated heterocycles. The molecule has 0 N–H and O–H groups in total. The molecule has 0 amide bonds. The second-order valence-corrected chi connectivity index (χ2v) is 4.46. The van der Waals surface area contributed by atoms with Crippen LogP contribution in [0.5, 0.6) is 0 Å². The quantitative estimate of drug-likeness (QED) is 0.776. The lowest BCUT2D eigenvalue weighted by molar-refractivity contribution is 0.447. The summed E-state index contributed by atoms with van der Waals surface area (Å²) in [7, 11) is 0. The van der Waals surface area contributed by atoms with E-state index in [2.05, 4.69) is 17.1 Å². The summed E-state index contributed by atoms with van der Waals surface area (Å²) < 4.78 is 5.28. The number of nitrogens with zero attached hydrogens (tertiary/aromatic N) is 2. The monoisotopic (exact) mass is 258 g/mol. The number of aryl methyl sites for hydroxylation is 2. The molecule has 0 fully saturated rings. The van der Waals surface area contributed by atoms with Gasteiger partial charge in [-0.2, -0.15) is 0 Å². The largest absolute Gasteiger partial charge is 0.355 e. The van der Waals surface area contributed by atoms with Crippen LogP contribution in [0.3, 0.4) is 0 Å². The average molecular weight is 259 g/mol. The number of hydrogen-bond donors (Lipinski definition) is 0. The Hall–Kier alpha value is -0.800. The van der Waals surface area contributed by atoms with Gasteiger partial charge < -0.3 is 4.52 Å². The first-order chi connectivity index (χ1) is 7.65. The first kappa shape index (κ1) is 11.7. The molecule has 0 unspecified atom stereocenters. The van der Waals surface area contributed by atoms with Crippen LogP contribution in [-0.2, 0) is 6.42 Å². The lowest BCUT2D eigenvalue weighted by Crippen LogP contribution is -1.92. The summed E-state index contributed by atoms with van der Waals surface area (Å²) in [6.07, 6.45) is 2.97. The van der Waals surface area contributed by atoms with Gasteiger partial charge in [0.2, 0.25) is 0 Å². The van der Waals surface area contributed by atoms with Gasteiger partial charge in [-0.25, -0.2) is 4.98 Å². The Labute approximate surface area is 104 Å². The van der Waals surface area contributed by atoms with Crippen molar-refractivity contribution in [3.8, 4) is 0 Å². The zero-order valence-electron chi connectivity index (χ0n) is 9.18. The molecule has 0 aliphatic carbocycles. The molecule has 5 heteroatoms. The first-order valence-corrected chi connectivity index (χ1v) is 6.00. The fraction of sp³-hybridized carbons (Fsp3) is 0.455. The molecule has 0 saturated carbocycles. The third-order valence-corrected chi connectivity index (χ3v) is 3.15. The van der Waals surface area contributed by atoms with Crippen LogP contribution < -0.4 is 0 Å². The van der Waals surface area contributed by atoms with Gasteiger partial charge in [-0.1, -0.05) is 41.7 Å². The summed E-state index contributed by atoms with van der Waals surface area (Å²) in [5.74, 6) is 0. The Morgan fingerprint density at radius 1 is 1.25 bits per heavy atom. The molecule has 0 radical (unpaired) electrons. The average Bonchev–Trinajstić information content (AvgIpc) is 2.61. The summed E-state index contributed by atoms with van der Waals surface area (Å²) >= 11 is 12.1. The second kappa shape index (κ2) is 4.60. The van der Waals surface area contributed by atoms with Crippen molar-refractivity contribution in [1.82, 2.24) is 10.1 Å². The highest BCUT2D eigenvalue weighted by Crippen LogP contribution is 2.32. The minimum Gasteiger partial charge on any atom is -0.355 e. The van der Waals surface area contributed by atoms with Gasteiger partial charge in [-0.15, -0.1) is 0 Å². The van der Waals surface area contributed by atoms with E-state index in [9.17, 15) is 0 Å². The van der Waals surface area contributed by atoms with Crippen LogP contribution in [0.25, 0.3) is 11.0 Å². The van der Waals surface area contributed by atoms with Crippen molar-refractivity contribution in [1.29, 1.82) is 0 Å². The predicted octanol–water partition coefficient (Wildman–Crippen LogP) is 4.18. The van der Waals surface area contributed by atoms with Gasteiger partial charge in [0, 0.05) is 5.56 Å². The summed E-state index contributed by atoms with van der Waals surface area (Å²) in [4.78, 5) is 4.12. The summed E-state index contributed by atoms with van der Waals surface area (Å²) in [6.45, 7) is 3.97. The maximum Gasteiger partial charge on any atom is 0.176 e. The van der Waals surface area contributed by atoms with Crippen LogP contribution in [0.15, 0.2) is 4.52 Å². The van der Waals surface area contributed by atoms with Crippen molar-refractivity contribution in [3.05, 3.63) is 21.6 Å². The van der Waals surface area contributed by atoms with Gasteiger partial charge in [0.25, 0.3) is 0 Å². The highest BCUT2D eigenvalue weighted by atomic mass is 35.5. The fourth-order valence-electron chi connectivity index (χ4n) is 1.69. The van der Waals surface area contributed by atoms with Gasteiger partial charge in [-0.05, 0) is 19.8 Å². The number of unbranched alkanes of at least 4 members (excludes halogenated alkanes) is 1. The van der Waals surface area contributed by atoms with E-state index in [-0.39, 0.29) is 0 Å². The van der Waals surface area contributed by atoms with Gasteiger partial charge in [-0.3, -0.25) is 0 Å². The molecule has 0 aromatic carbocycles. The van der Waals surface area contributed by atoms with E-state index < -0.39 is 0 Å². The minimum absolute atomic E-state index is 0.360. The standard InChI is InChI=1S/C11H12Cl2N2O/c1-3-4-5-7-9-8(6(2)15-16-9)11(13)14-10(7)12/h3-5H2,1-2H3. The lowest BCUT2D eigenvalue weighted by Gasteiger charge is -2.04. The van der Waals surface area contributed by atoms with E-state index >= 15 is 0 Å². The van der Waals surface area contributed by atoms with Crippen molar-refractivity contribution >= 4 is 34.2 Å². The number of fused-ring (bicyclic) bond motifs is 1. The molecule has 0 aliphatic heterocycles. The Balaban J connectivity index is 2.62. The van der Waals surface area contributed by atoms with Crippen molar-refractivity contribution in [2.24, 2.45) is 0 Å². The summed E-state index contributed by atoms with van der Waals surface area (Å²) in [6, 6.07) is 0. The molecule has 0 bridgehead atoms. The molecule has 3 nitrogen and oxygen atoms in total. The number of hydrogen-bond acceptors (Lipinski definition) is 3. The van der Waals surface area contributed by atoms with E-state index in [1.807, 2.05) is 6.92 Å². The van der Waals surface area contributed by atoms with E-state index in [1.54, 1.807) is 0 Å². The zero-order chi connectivity index (χ0) is 11.7. The Morgan fingerprint density at radius 3 is 2.69 bits per heavy atom. The Morgan fingerprint density at radius 2 is 2.00 bits per heavy atom. The van der Waals surface area contributed by atoms with Crippen molar-refractivity contribution in [2.45, 2.75) is 33.1 Å². The first-order valence-electron chi connectivity index (χ1n) is 5.25. The predicted molar refractivity (Wildman–Crippen MR) is 65.2 cm³/mol. The van der Waals surface area contributed by atoms with Crippen molar-refractivity contribution < 1.29 is 4.52 Å². The molecule has 16 heavy (non-hydrogen) atoms. The zero-order valence-corrected chi connectivity index (χ0v) is 10.7. The molecule has 86 valence electrons. The normalized spacial score (nSPS) is 11.2. The Kier molecular flexibility index (Phi) is 3.36. The van der Waals surface area contributed by atoms with Crippen LogP contribution in [0.4, 0.5) is 0 Å². The number of pyridine rings is 1. The van der Waals surface area contributed by atoms with Crippen molar-refractivity contribution in [2.75, 3.05) is 0 Å². The van der Waals surface area contributed by atoms with Crippen LogP contribution in [-0.4, -0.2) is 10.1 Å². The molecular weight excluding hydrogens is 247 g/mol. The van der Waals surface area contributed by atoms with Gasteiger partial charge in [0.15, 0.2) is 5.58 Å². The molecule has 0 atom stereocenters. The highest BCUT2D eigenvalue weighted by Gasteiger charge is 2.17. The summed E-state index contributed by atoms with van der Waals surface area (Å²) in [5.41, 5.74) is 2.33. The maximum atomic E-state index is 6.07. The summed E-state index contributed by atoms with van der Waals surface area (Å²) in [5, 5.41) is 5.46. The molecule has 2 aromatic rings. The SMILES string of the molecule is CCCCc1c(Cl)nc(Cl)c2c(C)noc12. The van der Waals surface area contributed by atoms with Crippen LogP contribution in [0.1, 0.15) is 31.0 Å². The number of rotatable bonds is 3. The third kappa shape index (κ3) is 1.89. The van der Waals surface area contributed by atoms with E-state index in [1.165, 1.54) is 0 Å². The molecule has 2 aromatic heterocycles. The Bertz CT molecular complexity index is 522. The van der Waals surface area contributed by atoms with E-state index in [0.717, 1.165) is 35.9 Å². The number of aromatic nitrogens is 2. The van der Waals surface area contributed by atoms with Gasteiger partial charge in [0.1, 0.15) is 10.3 Å². The van der Waals surface area contributed by atoms with Crippen LogP contribution >= 0.6 is 23.2 Å². The smallest absolute Gasteiger partial charge is 0.176 e. The molecule has 0 aliphatic rings. The molecule has 2 heterocycles. The third-order valence-electron chi connectivity index (χ3n) is 2.57. The van der Waals surface area contributed by atoms with E-state index in [0.29, 0.717) is 15.9 Å². The maximum absolute atomic E-state index is 6.07. The van der Waals surface area contributed by atoms with Crippen molar-refractivity contribution in [3.63, 3.8) is 0 Å². The number of halogens is 2. The topological polar surface area (TPSA) is 38.9 Å². The van der Waals surface area contributed by atoms with E-state index in [4.69, 9.17) is 27.7 Å². The molecule has 0 spiro atoms. The minimum atomic E-state index is 0.360. The second-order valence-electron chi connectivity index (χ2n) is 3.75. The van der Waals surface area contributed by atoms with Crippen LogP contribution in [0.2, 0.25) is 10.3 Å². The van der Waals surface area contributed by atoms with Gasteiger partial charge in [0.05, 0.1) is 11.1 Å².